The van der Waals surface area contributed by atoms with Crippen molar-refractivity contribution in [1.82, 2.24) is 24.8 Å². The van der Waals surface area contributed by atoms with E-state index in [1.807, 2.05) is 18.2 Å². The Hall–Kier alpha value is -3.17. The summed E-state index contributed by atoms with van der Waals surface area (Å²) in [6, 6.07) is 12.3. The summed E-state index contributed by atoms with van der Waals surface area (Å²) < 4.78 is 6.89. The first kappa shape index (κ1) is 19.2. The lowest BCUT2D eigenvalue weighted by atomic mass is 10.2. The van der Waals surface area contributed by atoms with Crippen LogP contribution in [0.25, 0.3) is 17.0 Å². The molecule has 4 rings (SSSR count). The number of pyridine rings is 1. The highest BCUT2D eigenvalue weighted by atomic mass is 35.5. The highest BCUT2D eigenvalue weighted by Gasteiger charge is 2.12. The number of carbonyl (C=O) groups excluding carboxylic acids is 1. The van der Waals surface area contributed by atoms with E-state index in [0.717, 1.165) is 5.56 Å². The van der Waals surface area contributed by atoms with Crippen molar-refractivity contribution in [2.75, 3.05) is 18.2 Å². The second-order valence-corrected chi connectivity index (χ2v) is 7.31. The number of fused-ring (bicyclic) bond motifs is 1. The number of nitrogens with zero attached hydrogens (tertiary/aromatic N) is 5. The fourth-order valence-electron chi connectivity index (χ4n) is 2.63. The minimum Gasteiger partial charge on any atom is -0.495 e. The zero-order chi connectivity index (χ0) is 20.2. The molecule has 1 aromatic carbocycles. The molecule has 0 atom stereocenters. The predicted molar refractivity (Wildman–Crippen MR) is 111 cm³/mol. The van der Waals surface area contributed by atoms with Crippen molar-refractivity contribution in [3.05, 3.63) is 59.9 Å². The maximum atomic E-state index is 12.4. The van der Waals surface area contributed by atoms with Crippen molar-refractivity contribution in [1.29, 1.82) is 0 Å². The number of amides is 1. The molecule has 1 amide bonds. The number of anilines is 1. The van der Waals surface area contributed by atoms with Crippen LogP contribution in [0.2, 0.25) is 5.02 Å². The zero-order valence-corrected chi connectivity index (χ0v) is 16.8. The second-order valence-electron chi connectivity index (χ2n) is 5.88. The average molecular weight is 427 g/mol. The van der Waals surface area contributed by atoms with Gasteiger partial charge in [0.15, 0.2) is 11.5 Å². The summed E-state index contributed by atoms with van der Waals surface area (Å²) in [6.07, 6.45) is 3.37. The molecule has 0 saturated carbocycles. The van der Waals surface area contributed by atoms with E-state index in [1.54, 1.807) is 41.2 Å². The fourth-order valence-corrected chi connectivity index (χ4v) is 3.46. The number of halogens is 1. The molecule has 1 N–H and O–H groups in total. The maximum absolute atomic E-state index is 12.4. The minimum atomic E-state index is -0.199. The van der Waals surface area contributed by atoms with Crippen molar-refractivity contribution in [3.63, 3.8) is 0 Å². The van der Waals surface area contributed by atoms with Gasteiger partial charge in [-0.25, -0.2) is 0 Å². The van der Waals surface area contributed by atoms with Gasteiger partial charge in [0.05, 0.1) is 18.6 Å². The van der Waals surface area contributed by atoms with Crippen LogP contribution in [0.5, 0.6) is 5.75 Å². The van der Waals surface area contributed by atoms with Crippen molar-refractivity contribution in [2.24, 2.45) is 0 Å². The van der Waals surface area contributed by atoms with E-state index in [1.165, 1.54) is 18.9 Å². The van der Waals surface area contributed by atoms with Crippen molar-refractivity contribution in [3.8, 4) is 17.1 Å². The third kappa shape index (κ3) is 4.30. The number of nitrogens with one attached hydrogen (secondary N) is 1. The highest BCUT2D eigenvalue weighted by Crippen LogP contribution is 2.28. The summed E-state index contributed by atoms with van der Waals surface area (Å²) in [6.45, 7) is 0. The Kier molecular flexibility index (Phi) is 5.59. The molecule has 4 aromatic rings. The minimum absolute atomic E-state index is 0.168. The van der Waals surface area contributed by atoms with Crippen LogP contribution in [0.15, 0.2) is 59.9 Å². The summed E-state index contributed by atoms with van der Waals surface area (Å²) in [4.78, 5) is 16.4. The number of hydrogen-bond acceptors (Lipinski definition) is 7. The average Bonchev–Trinajstić information content (AvgIpc) is 3.16. The SMILES string of the molecule is COc1ccc(Cl)cc1NC(=O)CSc1ccc2nnc(-c3ccncc3)n2n1. The molecule has 3 aromatic heterocycles. The Morgan fingerprint density at radius 1 is 1.17 bits per heavy atom. The fraction of sp³-hybridized carbons (Fsp3) is 0.105. The summed E-state index contributed by atoms with van der Waals surface area (Å²) in [7, 11) is 1.53. The number of rotatable bonds is 6. The number of benzene rings is 1. The number of thioether (sulfide) groups is 1. The van der Waals surface area contributed by atoms with Crippen LogP contribution in [0.3, 0.4) is 0 Å². The van der Waals surface area contributed by atoms with Crippen molar-refractivity contribution >= 4 is 40.6 Å². The van der Waals surface area contributed by atoms with Gasteiger partial charge in [-0.3, -0.25) is 9.78 Å². The van der Waals surface area contributed by atoms with Gasteiger partial charge < -0.3 is 10.1 Å². The Labute approximate surface area is 175 Å². The Bertz CT molecular complexity index is 1170. The first-order chi connectivity index (χ1) is 14.1. The number of hydrogen-bond donors (Lipinski definition) is 1. The van der Waals surface area contributed by atoms with Crippen LogP contribution in [-0.4, -0.2) is 43.6 Å². The molecule has 29 heavy (non-hydrogen) atoms. The molecule has 0 aliphatic rings. The maximum Gasteiger partial charge on any atom is 0.234 e. The lowest BCUT2D eigenvalue weighted by Gasteiger charge is -2.10. The molecule has 3 heterocycles. The van der Waals surface area contributed by atoms with E-state index in [0.29, 0.717) is 33.0 Å². The smallest absolute Gasteiger partial charge is 0.234 e. The molecule has 0 bridgehead atoms. The molecule has 0 spiro atoms. The molecule has 0 aliphatic heterocycles. The van der Waals surface area contributed by atoms with Gasteiger partial charge in [0.2, 0.25) is 5.91 Å². The van der Waals surface area contributed by atoms with E-state index < -0.39 is 0 Å². The molecule has 0 radical (unpaired) electrons. The Morgan fingerprint density at radius 3 is 2.79 bits per heavy atom. The first-order valence-electron chi connectivity index (χ1n) is 8.53. The van der Waals surface area contributed by atoms with Gasteiger partial charge in [-0.2, -0.15) is 9.61 Å². The van der Waals surface area contributed by atoms with Gasteiger partial charge in [-0.1, -0.05) is 23.4 Å². The van der Waals surface area contributed by atoms with Crippen LogP contribution in [0.4, 0.5) is 5.69 Å². The van der Waals surface area contributed by atoms with E-state index in [2.05, 4.69) is 25.6 Å². The monoisotopic (exact) mass is 426 g/mol. The molecule has 146 valence electrons. The molecular formula is C19H15ClN6O2S. The van der Waals surface area contributed by atoms with Gasteiger partial charge in [-0.15, -0.1) is 10.2 Å². The summed E-state index contributed by atoms with van der Waals surface area (Å²) in [5.41, 5.74) is 2.00. The summed E-state index contributed by atoms with van der Waals surface area (Å²) >= 11 is 7.30. The lowest BCUT2D eigenvalue weighted by molar-refractivity contribution is -0.113. The topological polar surface area (TPSA) is 94.3 Å². The highest BCUT2D eigenvalue weighted by molar-refractivity contribution is 7.99. The van der Waals surface area contributed by atoms with E-state index in [-0.39, 0.29) is 11.7 Å². The molecule has 0 fully saturated rings. The third-order valence-corrected chi connectivity index (χ3v) is 5.12. The quantitative estimate of drug-likeness (QED) is 0.471. The van der Waals surface area contributed by atoms with E-state index >= 15 is 0 Å². The van der Waals surface area contributed by atoms with Crippen LogP contribution in [-0.2, 0) is 4.79 Å². The third-order valence-electron chi connectivity index (χ3n) is 3.96. The van der Waals surface area contributed by atoms with Crippen LogP contribution in [0, 0.1) is 0 Å². The predicted octanol–water partition coefficient (Wildman–Crippen LogP) is 3.58. The van der Waals surface area contributed by atoms with Gasteiger partial charge in [-0.05, 0) is 42.5 Å². The van der Waals surface area contributed by atoms with Gasteiger partial charge in [0.1, 0.15) is 10.8 Å². The standard InChI is InChI=1S/C19H15ClN6O2S/c1-28-15-3-2-13(20)10-14(15)22-17(27)11-29-18-5-4-16-23-24-19(26(16)25-18)12-6-8-21-9-7-12/h2-10H,11H2,1H3,(H,22,27). The molecule has 0 aliphatic carbocycles. The Morgan fingerprint density at radius 2 is 2.00 bits per heavy atom. The van der Waals surface area contributed by atoms with Crippen LogP contribution < -0.4 is 10.1 Å². The molecule has 0 saturated heterocycles. The normalized spacial score (nSPS) is 10.8. The lowest BCUT2D eigenvalue weighted by Crippen LogP contribution is -2.15. The largest absolute Gasteiger partial charge is 0.495 e. The summed E-state index contributed by atoms with van der Waals surface area (Å²) in [5, 5.41) is 16.9. The number of aromatic nitrogens is 5. The zero-order valence-electron chi connectivity index (χ0n) is 15.2. The van der Waals surface area contributed by atoms with Gasteiger partial charge in [0.25, 0.3) is 0 Å². The van der Waals surface area contributed by atoms with Crippen molar-refractivity contribution in [2.45, 2.75) is 5.03 Å². The number of carbonyl (C=O) groups is 1. The van der Waals surface area contributed by atoms with Crippen LogP contribution in [0.1, 0.15) is 0 Å². The molecular weight excluding hydrogens is 412 g/mol. The van der Waals surface area contributed by atoms with Gasteiger partial charge >= 0.3 is 0 Å². The van der Waals surface area contributed by atoms with E-state index in [9.17, 15) is 4.79 Å². The first-order valence-corrected chi connectivity index (χ1v) is 9.89. The summed E-state index contributed by atoms with van der Waals surface area (Å²) in [5.74, 6) is 1.12. The van der Waals surface area contributed by atoms with Gasteiger partial charge in [0, 0.05) is 23.0 Å². The van der Waals surface area contributed by atoms with Crippen molar-refractivity contribution < 1.29 is 9.53 Å². The van der Waals surface area contributed by atoms with E-state index in [4.69, 9.17) is 16.3 Å². The molecule has 8 nitrogen and oxygen atoms in total. The second kappa shape index (κ2) is 8.46. The Balaban J connectivity index is 1.49. The van der Waals surface area contributed by atoms with Crippen LogP contribution >= 0.6 is 23.4 Å². The number of methoxy groups -OCH3 is 1. The molecule has 0 unspecified atom stereocenters. The number of ether oxygens (including phenoxy) is 1. The molecule has 10 heteroatoms.